The third-order valence-electron chi connectivity index (χ3n) is 7.50. The SMILES string of the molecule is CC(C)C(C#N)(CCN1CCN(CCS(=O)(=O)N2CCCc3ccccc32)CC1)c1cccs1. The smallest absolute Gasteiger partial charge is 0.236 e. The topological polar surface area (TPSA) is 67.6 Å². The molecule has 1 unspecified atom stereocenters. The van der Waals surface area contributed by atoms with Gasteiger partial charge in [-0.05, 0) is 48.3 Å². The van der Waals surface area contributed by atoms with Crippen LogP contribution in [0.4, 0.5) is 5.69 Å². The quantitative estimate of drug-likeness (QED) is 0.521. The molecule has 184 valence electrons. The maximum Gasteiger partial charge on any atom is 0.236 e. The number of sulfonamides is 1. The van der Waals surface area contributed by atoms with Crippen LogP contribution in [0.5, 0.6) is 0 Å². The number of hydrogen-bond donors (Lipinski definition) is 0. The molecule has 0 saturated carbocycles. The van der Waals surface area contributed by atoms with Gasteiger partial charge in [0.15, 0.2) is 0 Å². The summed E-state index contributed by atoms with van der Waals surface area (Å²) in [7, 11) is -3.33. The van der Waals surface area contributed by atoms with E-state index < -0.39 is 15.4 Å². The zero-order chi connectivity index (χ0) is 24.2. The molecule has 0 N–H and O–H groups in total. The molecule has 34 heavy (non-hydrogen) atoms. The molecule has 4 rings (SSSR count). The van der Waals surface area contributed by atoms with Crippen LogP contribution in [0.25, 0.3) is 0 Å². The van der Waals surface area contributed by atoms with E-state index in [2.05, 4.69) is 41.2 Å². The Labute approximate surface area is 208 Å². The fourth-order valence-electron chi connectivity index (χ4n) is 5.18. The van der Waals surface area contributed by atoms with E-state index in [9.17, 15) is 13.7 Å². The molecule has 0 spiro atoms. The highest BCUT2D eigenvalue weighted by Crippen LogP contribution is 2.38. The monoisotopic (exact) mass is 500 g/mol. The zero-order valence-corrected chi connectivity index (χ0v) is 22.0. The molecule has 2 aromatic rings. The van der Waals surface area contributed by atoms with Gasteiger partial charge in [-0.1, -0.05) is 38.1 Å². The molecule has 2 aliphatic rings. The summed E-state index contributed by atoms with van der Waals surface area (Å²) in [4.78, 5) is 5.85. The highest BCUT2D eigenvalue weighted by molar-refractivity contribution is 7.92. The number of nitrogens with zero attached hydrogens (tertiary/aromatic N) is 4. The molecular formula is C26H36N4O2S2. The van der Waals surface area contributed by atoms with E-state index >= 15 is 0 Å². The van der Waals surface area contributed by atoms with Crippen LogP contribution in [0.3, 0.4) is 0 Å². The maximum absolute atomic E-state index is 13.1. The first-order valence-corrected chi connectivity index (χ1v) is 14.8. The first-order valence-electron chi connectivity index (χ1n) is 12.3. The summed E-state index contributed by atoms with van der Waals surface area (Å²) < 4.78 is 27.9. The first kappa shape index (κ1) is 25.2. The summed E-state index contributed by atoms with van der Waals surface area (Å²) in [5, 5.41) is 12.1. The summed E-state index contributed by atoms with van der Waals surface area (Å²) >= 11 is 1.68. The number of para-hydroxylation sites is 1. The standard InChI is InChI=1S/C26H36N4O2S2/c1-22(2)26(21-27,25-10-6-19-33-25)11-13-28-14-16-29(17-15-28)18-20-34(31,32)30-12-5-8-23-7-3-4-9-24(23)30/h3-4,6-7,9-10,19,22H,5,8,11-18,20H2,1-2H3. The normalized spacial score (nSPS) is 19.5. The number of hydrogen-bond acceptors (Lipinski definition) is 6. The molecule has 1 aromatic heterocycles. The van der Waals surface area contributed by atoms with Gasteiger partial charge in [-0.3, -0.25) is 9.21 Å². The number of nitriles is 1. The van der Waals surface area contributed by atoms with Gasteiger partial charge in [0.05, 0.1) is 22.9 Å². The Morgan fingerprint density at radius 2 is 1.74 bits per heavy atom. The second-order valence-corrected chi connectivity index (χ2v) is 12.7. The Balaban J connectivity index is 1.28. The van der Waals surface area contributed by atoms with Crippen LogP contribution in [0.1, 0.15) is 37.1 Å². The Hall–Kier alpha value is -1.92. The fraction of sp³-hybridized carbons (Fsp3) is 0.577. The van der Waals surface area contributed by atoms with Crippen LogP contribution in [0.2, 0.25) is 0 Å². The van der Waals surface area contributed by atoms with E-state index in [4.69, 9.17) is 0 Å². The highest BCUT2D eigenvalue weighted by Gasteiger charge is 2.37. The molecule has 1 fully saturated rings. The Bertz CT molecular complexity index is 1090. The van der Waals surface area contributed by atoms with E-state index in [1.165, 1.54) is 0 Å². The summed E-state index contributed by atoms with van der Waals surface area (Å²) in [5.74, 6) is 0.410. The van der Waals surface area contributed by atoms with E-state index in [0.29, 0.717) is 13.1 Å². The van der Waals surface area contributed by atoms with Crippen molar-refractivity contribution < 1.29 is 8.42 Å². The number of fused-ring (bicyclic) bond motifs is 1. The van der Waals surface area contributed by atoms with Crippen LogP contribution >= 0.6 is 11.3 Å². The molecule has 1 saturated heterocycles. The number of rotatable bonds is 9. The molecule has 0 radical (unpaired) electrons. The minimum atomic E-state index is -3.33. The van der Waals surface area contributed by atoms with E-state index in [1.54, 1.807) is 15.6 Å². The van der Waals surface area contributed by atoms with Gasteiger partial charge in [0.1, 0.15) is 0 Å². The Kier molecular flexibility index (Phi) is 7.98. The molecule has 3 heterocycles. The Morgan fingerprint density at radius 1 is 1.03 bits per heavy atom. The molecular weight excluding hydrogens is 464 g/mol. The lowest BCUT2D eigenvalue weighted by atomic mass is 9.74. The number of benzene rings is 1. The second-order valence-electron chi connectivity index (χ2n) is 9.77. The summed E-state index contributed by atoms with van der Waals surface area (Å²) in [6.07, 6.45) is 2.64. The molecule has 0 amide bonds. The molecule has 8 heteroatoms. The molecule has 0 bridgehead atoms. The maximum atomic E-state index is 13.1. The number of aryl methyl sites for hydroxylation is 1. The van der Waals surface area contributed by atoms with Crippen LogP contribution in [0.15, 0.2) is 41.8 Å². The molecule has 1 atom stereocenters. The van der Waals surface area contributed by atoms with Crippen LogP contribution < -0.4 is 4.31 Å². The van der Waals surface area contributed by atoms with Crippen molar-refractivity contribution in [2.24, 2.45) is 5.92 Å². The fourth-order valence-corrected chi connectivity index (χ4v) is 7.83. The van der Waals surface area contributed by atoms with Crippen molar-refractivity contribution in [3.8, 4) is 6.07 Å². The van der Waals surface area contributed by atoms with Crippen LogP contribution in [0, 0.1) is 17.2 Å². The van der Waals surface area contributed by atoms with Gasteiger partial charge in [-0.2, -0.15) is 5.26 Å². The molecule has 2 aliphatic heterocycles. The number of piperazine rings is 1. The third kappa shape index (κ3) is 5.33. The third-order valence-corrected chi connectivity index (χ3v) is 10.3. The highest BCUT2D eigenvalue weighted by atomic mass is 32.2. The largest absolute Gasteiger partial charge is 0.301 e. The van der Waals surface area contributed by atoms with Crippen molar-refractivity contribution in [1.29, 1.82) is 5.26 Å². The van der Waals surface area contributed by atoms with Gasteiger partial charge in [0.25, 0.3) is 0 Å². The van der Waals surface area contributed by atoms with Gasteiger partial charge in [-0.25, -0.2) is 8.42 Å². The van der Waals surface area contributed by atoms with Crippen molar-refractivity contribution in [2.75, 3.05) is 55.9 Å². The summed E-state index contributed by atoms with van der Waals surface area (Å²) in [6, 6.07) is 14.6. The van der Waals surface area contributed by atoms with Gasteiger partial charge < -0.3 is 4.90 Å². The summed E-state index contributed by atoms with van der Waals surface area (Å²) in [6.45, 7) is 9.88. The van der Waals surface area contributed by atoms with Crippen molar-refractivity contribution in [1.82, 2.24) is 9.80 Å². The first-order chi connectivity index (χ1) is 16.4. The number of thiophene rings is 1. The van der Waals surface area contributed by atoms with Crippen molar-refractivity contribution >= 4 is 27.0 Å². The lowest BCUT2D eigenvalue weighted by Gasteiger charge is -2.38. The zero-order valence-electron chi connectivity index (χ0n) is 20.3. The molecule has 6 nitrogen and oxygen atoms in total. The minimum absolute atomic E-state index is 0.157. The van der Waals surface area contributed by atoms with Gasteiger partial charge in [-0.15, -0.1) is 11.3 Å². The predicted molar refractivity (Wildman–Crippen MR) is 140 cm³/mol. The molecule has 0 aliphatic carbocycles. The van der Waals surface area contributed by atoms with E-state index in [-0.39, 0.29) is 11.7 Å². The Morgan fingerprint density at radius 3 is 2.38 bits per heavy atom. The average molecular weight is 501 g/mol. The minimum Gasteiger partial charge on any atom is -0.301 e. The van der Waals surface area contributed by atoms with E-state index in [0.717, 1.165) is 68.1 Å². The van der Waals surface area contributed by atoms with Crippen molar-refractivity contribution in [3.63, 3.8) is 0 Å². The van der Waals surface area contributed by atoms with Crippen molar-refractivity contribution in [3.05, 3.63) is 52.2 Å². The van der Waals surface area contributed by atoms with Gasteiger partial charge in [0.2, 0.25) is 10.0 Å². The predicted octanol–water partition coefficient (Wildman–Crippen LogP) is 3.96. The van der Waals surface area contributed by atoms with Crippen LogP contribution in [-0.2, 0) is 21.9 Å². The lowest BCUT2D eigenvalue weighted by molar-refractivity contribution is 0.128. The second kappa shape index (κ2) is 10.8. The van der Waals surface area contributed by atoms with E-state index in [1.807, 2.05) is 30.3 Å². The lowest BCUT2D eigenvalue weighted by Crippen LogP contribution is -2.49. The number of anilines is 1. The molecule has 1 aromatic carbocycles. The summed E-state index contributed by atoms with van der Waals surface area (Å²) in [5.41, 5.74) is 1.54. The van der Waals surface area contributed by atoms with Gasteiger partial charge >= 0.3 is 0 Å². The van der Waals surface area contributed by atoms with Crippen LogP contribution in [-0.4, -0.2) is 69.8 Å². The average Bonchev–Trinajstić information content (AvgIpc) is 3.39. The van der Waals surface area contributed by atoms with Gasteiger partial charge in [0, 0.05) is 50.7 Å². The van der Waals surface area contributed by atoms with Crippen molar-refractivity contribution in [2.45, 2.75) is 38.5 Å².